The number of alkyl halides is 2. The first-order chi connectivity index (χ1) is 13.8. The summed E-state index contributed by atoms with van der Waals surface area (Å²) in [4.78, 5) is 16.0. The summed E-state index contributed by atoms with van der Waals surface area (Å²) in [6.07, 6.45) is 0.147. The first-order valence-electron chi connectivity index (χ1n) is 8.58. The quantitative estimate of drug-likeness (QED) is 0.659. The molecule has 1 aromatic carbocycles. The third-order valence-corrected chi connectivity index (χ3v) is 4.73. The van der Waals surface area contributed by atoms with Crippen LogP contribution in [0.25, 0.3) is 0 Å². The van der Waals surface area contributed by atoms with Crippen LogP contribution in [0.2, 0.25) is 5.02 Å². The van der Waals surface area contributed by atoms with Crippen molar-refractivity contribution in [3.05, 3.63) is 46.5 Å². The van der Waals surface area contributed by atoms with Gasteiger partial charge in [0, 0.05) is 25.0 Å². The first kappa shape index (κ1) is 22.2. The molecule has 2 aromatic rings. The van der Waals surface area contributed by atoms with Crippen LogP contribution in [0, 0.1) is 5.82 Å². The molecule has 0 spiro atoms. The van der Waals surface area contributed by atoms with Gasteiger partial charge in [-0.1, -0.05) is 11.6 Å². The molecule has 1 aliphatic rings. The van der Waals surface area contributed by atoms with Crippen LogP contribution in [0.4, 0.5) is 13.2 Å². The predicted molar refractivity (Wildman–Crippen MR) is 101 cm³/mol. The average molecular weight is 465 g/mol. The van der Waals surface area contributed by atoms with Gasteiger partial charge in [-0.3, -0.25) is 9.78 Å². The predicted octanol–water partition coefficient (Wildman–Crippen LogP) is 4.22. The number of carbonyl (C=O) groups excluding carboxylic acids is 1. The lowest BCUT2D eigenvalue weighted by molar-refractivity contribution is -0.159. The molecule has 3 rings (SSSR count). The maximum Gasteiger partial charge on any atom is 0.394 e. The third-order valence-electron chi connectivity index (χ3n) is 3.88. The number of ether oxygens (including phenoxy) is 2. The van der Waals surface area contributed by atoms with E-state index in [1.165, 1.54) is 12.3 Å². The second-order valence-electron chi connectivity index (χ2n) is 6.81. The van der Waals surface area contributed by atoms with Crippen molar-refractivity contribution < 1.29 is 35.9 Å². The highest BCUT2D eigenvalue weighted by atomic mass is 35.5. The van der Waals surface area contributed by atoms with Crippen molar-refractivity contribution in [3.63, 3.8) is 0 Å². The number of halogens is 4. The Bertz CT molecular complexity index is 1100. The molecule has 0 bridgehead atoms. The molecule has 1 aliphatic carbocycles. The SMILES string of the molecule is CC(F)(F)Oc1cc(Oc2cc(F)c(C(=O)NS(C)(=O)=O)cc2Cl)cnc1C1CC1. The van der Waals surface area contributed by atoms with Gasteiger partial charge in [-0.25, -0.2) is 17.5 Å². The second kappa shape index (κ2) is 7.95. The Kier molecular flexibility index (Phi) is 5.87. The third kappa shape index (κ3) is 5.76. The van der Waals surface area contributed by atoms with Gasteiger partial charge in [0.1, 0.15) is 17.3 Å². The second-order valence-corrected chi connectivity index (χ2v) is 8.96. The maximum atomic E-state index is 14.3. The Morgan fingerprint density at radius 1 is 1.27 bits per heavy atom. The number of hydrogen-bond donors (Lipinski definition) is 1. The molecule has 1 aromatic heterocycles. The summed E-state index contributed by atoms with van der Waals surface area (Å²) in [7, 11) is -3.91. The van der Waals surface area contributed by atoms with Crippen LogP contribution in [0.5, 0.6) is 17.2 Å². The minimum Gasteiger partial charge on any atom is -0.454 e. The number of aromatic nitrogens is 1. The summed E-state index contributed by atoms with van der Waals surface area (Å²) in [6.45, 7) is 0.587. The van der Waals surface area contributed by atoms with Crippen molar-refractivity contribution in [1.82, 2.24) is 9.71 Å². The molecule has 0 saturated heterocycles. The fourth-order valence-electron chi connectivity index (χ4n) is 2.56. The van der Waals surface area contributed by atoms with Crippen LogP contribution in [-0.2, 0) is 10.0 Å². The molecular weight excluding hydrogens is 449 g/mol. The number of carbonyl (C=O) groups is 1. The van der Waals surface area contributed by atoms with E-state index in [4.69, 9.17) is 16.3 Å². The largest absolute Gasteiger partial charge is 0.454 e. The zero-order valence-electron chi connectivity index (χ0n) is 15.7. The van der Waals surface area contributed by atoms with Crippen LogP contribution >= 0.6 is 11.6 Å². The van der Waals surface area contributed by atoms with E-state index in [0.717, 1.165) is 31.2 Å². The summed E-state index contributed by atoms with van der Waals surface area (Å²) in [5.41, 5.74) is -0.247. The zero-order valence-corrected chi connectivity index (χ0v) is 17.3. The summed E-state index contributed by atoms with van der Waals surface area (Å²) in [5.74, 6) is -2.74. The van der Waals surface area contributed by atoms with E-state index in [-0.39, 0.29) is 28.2 Å². The lowest BCUT2D eigenvalue weighted by Gasteiger charge is -2.17. The van der Waals surface area contributed by atoms with Crippen molar-refractivity contribution in [2.24, 2.45) is 0 Å². The number of pyridine rings is 1. The van der Waals surface area contributed by atoms with Crippen molar-refractivity contribution >= 4 is 27.5 Å². The van der Waals surface area contributed by atoms with Gasteiger partial charge in [-0.05, 0) is 18.9 Å². The van der Waals surface area contributed by atoms with Crippen LogP contribution in [0.3, 0.4) is 0 Å². The topological polar surface area (TPSA) is 94.6 Å². The Balaban J connectivity index is 1.88. The highest BCUT2D eigenvalue weighted by Gasteiger charge is 2.32. The fraction of sp³-hybridized carbons (Fsp3) is 0.333. The molecule has 1 heterocycles. The van der Waals surface area contributed by atoms with E-state index in [0.29, 0.717) is 12.6 Å². The van der Waals surface area contributed by atoms with Gasteiger partial charge >= 0.3 is 6.11 Å². The molecule has 162 valence electrons. The molecule has 1 amide bonds. The normalized spacial score (nSPS) is 14.3. The van der Waals surface area contributed by atoms with Crippen molar-refractivity contribution in [2.45, 2.75) is 31.8 Å². The number of nitrogens with zero attached hydrogens (tertiary/aromatic N) is 1. The lowest BCUT2D eigenvalue weighted by atomic mass is 10.2. The highest BCUT2D eigenvalue weighted by Crippen LogP contribution is 2.45. The molecule has 1 N–H and O–H groups in total. The number of hydrogen-bond acceptors (Lipinski definition) is 6. The fourth-order valence-corrected chi connectivity index (χ4v) is 3.21. The van der Waals surface area contributed by atoms with E-state index < -0.39 is 33.4 Å². The van der Waals surface area contributed by atoms with Crippen molar-refractivity contribution in [1.29, 1.82) is 0 Å². The smallest absolute Gasteiger partial charge is 0.394 e. The Labute approximate surface area is 175 Å². The monoisotopic (exact) mass is 464 g/mol. The summed E-state index contributed by atoms with van der Waals surface area (Å²) in [5, 5.41) is -0.218. The van der Waals surface area contributed by atoms with Gasteiger partial charge < -0.3 is 9.47 Å². The van der Waals surface area contributed by atoms with E-state index in [9.17, 15) is 26.4 Å². The summed E-state index contributed by atoms with van der Waals surface area (Å²) >= 11 is 6.01. The molecule has 1 fully saturated rings. The molecule has 0 atom stereocenters. The molecule has 7 nitrogen and oxygen atoms in total. The van der Waals surface area contributed by atoms with E-state index in [2.05, 4.69) is 9.72 Å². The average Bonchev–Trinajstić information content (AvgIpc) is 3.40. The molecule has 0 aliphatic heterocycles. The van der Waals surface area contributed by atoms with Crippen LogP contribution in [-0.4, -0.2) is 31.7 Å². The summed E-state index contributed by atoms with van der Waals surface area (Å²) < 4.78 is 75.0. The minimum absolute atomic E-state index is 0.0186. The number of sulfonamides is 1. The van der Waals surface area contributed by atoms with Crippen LogP contribution in [0.1, 0.15) is 41.7 Å². The zero-order chi connectivity index (χ0) is 22.3. The van der Waals surface area contributed by atoms with Gasteiger partial charge in [-0.15, -0.1) is 0 Å². The molecular formula is C18H16ClF3N2O5S. The number of benzene rings is 1. The number of rotatable bonds is 7. The van der Waals surface area contributed by atoms with E-state index in [1.807, 2.05) is 0 Å². The first-order valence-corrected chi connectivity index (χ1v) is 10.8. The Hall–Kier alpha value is -2.53. The van der Waals surface area contributed by atoms with Crippen molar-refractivity contribution in [2.75, 3.05) is 6.26 Å². The van der Waals surface area contributed by atoms with Gasteiger partial charge in [0.05, 0.1) is 28.7 Å². The number of amides is 1. The van der Waals surface area contributed by atoms with Crippen LogP contribution in [0.15, 0.2) is 24.4 Å². The van der Waals surface area contributed by atoms with Gasteiger partial charge in [0.25, 0.3) is 5.91 Å². The van der Waals surface area contributed by atoms with Crippen LogP contribution < -0.4 is 14.2 Å². The van der Waals surface area contributed by atoms with E-state index in [1.54, 1.807) is 4.72 Å². The molecule has 12 heteroatoms. The van der Waals surface area contributed by atoms with Crippen molar-refractivity contribution in [3.8, 4) is 17.2 Å². The van der Waals surface area contributed by atoms with Gasteiger partial charge in [-0.2, -0.15) is 8.78 Å². The minimum atomic E-state index is -3.91. The standard InChI is InChI=1S/C18H16ClF3N2O5S/c1-18(21,22)29-15-5-10(8-23-16(15)9-3-4-9)28-14-7-13(20)11(6-12(14)19)17(25)24-30(2,26)27/h5-9H,3-4H2,1-2H3,(H,24,25). The highest BCUT2D eigenvalue weighted by molar-refractivity contribution is 7.89. The maximum absolute atomic E-state index is 14.3. The Morgan fingerprint density at radius 3 is 2.50 bits per heavy atom. The molecule has 0 radical (unpaired) electrons. The summed E-state index contributed by atoms with van der Waals surface area (Å²) in [6, 6.07) is 2.84. The lowest BCUT2D eigenvalue weighted by Crippen LogP contribution is -2.30. The van der Waals surface area contributed by atoms with Gasteiger partial charge in [0.2, 0.25) is 10.0 Å². The molecule has 1 saturated carbocycles. The Morgan fingerprint density at radius 2 is 1.93 bits per heavy atom. The van der Waals surface area contributed by atoms with Gasteiger partial charge in [0.15, 0.2) is 5.75 Å². The van der Waals surface area contributed by atoms with E-state index >= 15 is 0 Å². The molecule has 30 heavy (non-hydrogen) atoms. The number of nitrogens with one attached hydrogen (secondary N) is 1. The molecule has 0 unspecified atom stereocenters.